The summed E-state index contributed by atoms with van der Waals surface area (Å²) in [6.07, 6.45) is 1.84. The van der Waals surface area contributed by atoms with Gasteiger partial charge in [0.05, 0.1) is 23.7 Å². The van der Waals surface area contributed by atoms with Crippen LogP contribution >= 0.6 is 0 Å². The molecule has 1 N–H and O–H groups in total. The van der Waals surface area contributed by atoms with Gasteiger partial charge in [0.1, 0.15) is 11.6 Å². The normalized spacial score (nSPS) is 10.9. The molecule has 3 rings (SSSR count). The molecule has 5 heteroatoms. The highest BCUT2D eigenvalue weighted by Crippen LogP contribution is 2.21. The number of aromatic nitrogens is 2. The Morgan fingerprint density at radius 2 is 1.96 bits per heavy atom. The van der Waals surface area contributed by atoms with Crippen LogP contribution in [-0.2, 0) is 13.0 Å². The number of ether oxygens (including phenoxy) is 1. The van der Waals surface area contributed by atoms with E-state index in [4.69, 9.17) is 9.84 Å². The van der Waals surface area contributed by atoms with Crippen molar-refractivity contribution in [3.05, 3.63) is 59.4 Å². The molecule has 3 aromatic rings. The van der Waals surface area contributed by atoms with E-state index in [1.807, 2.05) is 30.3 Å². The van der Waals surface area contributed by atoms with Gasteiger partial charge in [-0.25, -0.2) is 9.78 Å². The Balaban J connectivity index is 2.03. The summed E-state index contributed by atoms with van der Waals surface area (Å²) in [6, 6.07) is 13.1. The minimum atomic E-state index is -0.932. The summed E-state index contributed by atoms with van der Waals surface area (Å²) in [5, 5.41) is 9.16. The first-order valence-corrected chi connectivity index (χ1v) is 7.97. The van der Waals surface area contributed by atoms with E-state index in [1.165, 1.54) is 0 Å². The van der Waals surface area contributed by atoms with Gasteiger partial charge in [-0.3, -0.25) is 0 Å². The second kappa shape index (κ2) is 6.74. The first-order valence-electron chi connectivity index (χ1n) is 7.97. The number of methoxy groups -OCH3 is 1. The molecule has 0 amide bonds. The molecule has 0 fully saturated rings. The van der Waals surface area contributed by atoms with Crippen molar-refractivity contribution in [3.63, 3.8) is 0 Å². The number of hydrogen-bond acceptors (Lipinski definition) is 3. The van der Waals surface area contributed by atoms with Gasteiger partial charge in [0.2, 0.25) is 0 Å². The highest BCUT2D eigenvalue weighted by Gasteiger charge is 2.13. The van der Waals surface area contributed by atoms with Crippen LogP contribution in [0.3, 0.4) is 0 Å². The molecule has 0 spiro atoms. The summed E-state index contributed by atoms with van der Waals surface area (Å²) in [5.74, 6) is 0.874. The monoisotopic (exact) mass is 324 g/mol. The predicted molar refractivity (Wildman–Crippen MR) is 92.8 cm³/mol. The molecule has 0 saturated carbocycles. The van der Waals surface area contributed by atoms with Gasteiger partial charge >= 0.3 is 5.97 Å². The van der Waals surface area contributed by atoms with Crippen LogP contribution in [0.5, 0.6) is 5.75 Å². The van der Waals surface area contributed by atoms with Crippen molar-refractivity contribution in [1.29, 1.82) is 0 Å². The second-order valence-electron chi connectivity index (χ2n) is 5.72. The number of aromatic carboxylic acids is 1. The molecule has 0 atom stereocenters. The number of nitrogens with zero attached hydrogens (tertiary/aromatic N) is 2. The van der Waals surface area contributed by atoms with Crippen LogP contribution in [0, 0.1) is 0 Å². The molecule has 0 radical (unpaired) electrons. The molecule has 0 bridgehead atoms. The molecule has 1 aromatic heterocycles. The van der Waals surface area contributed by atoms with Crippen LogP contribution in [0.1, 0.15) is 35.1 Å². The van der Waals surface area contributed by atoms with Crippen LogP contribution in [0.4, 0.5) is 0 Å². The average Bonchev–Trinajstić information content (AvgIpc) is 2.92. The highest BCUT2D eigenvalue weighted by molar-refractivity contribution is 5.92. The largest absolute Gasteiger partial charge is 0.497 e. The van der Waals surface area contributed by atoms with Gasteiger partial charge in [-0.15, -0.1) is 0 Å². The van der Waals surface area contributed by atoms with Gasteiger partial charge in [-0.1, -0.05) is 19.1 Å². The van der Waals surface area contributed by atoms with Crippen LogP contribution in [0.15, 0.2) is 42.5 Å². The van der Waals surface area contributed by atoms with Crippen molar-refractivity contribution in [2.75, 3.05) is 7.11 Å². The van der Waals surface area contributed by atoms with E-state index in [9.17, 15) is 4.79 Å². The van der Waals surface area contributed by atoms with E-state index in [2.05, 4.69) is 16.5 Å². The first kappa shape index (κ1) is 16.1. The lowest BCUT2D eigenvalue weighted by Gasteiger charge is -2.10. The zero-order chi connectivity index (χ0) is 17.1. The molecule has 0 aliphatic rings. The second-order valence-corrected chi connectivity index (χ2v) is 5.72. The Morgan fingerprint density at radius 3 is 2.58 bits per heavy atom. The van der Waals surface area contributed by atoms with Gasteiger partial charge in [-0.2, -0.15) is 0 Å². The standard InChI is InChI=1S/C19H20N2O3/c1-3-4-18-20-16-11-14(19(22)23)7-10-17(16)21(18)12-13-5-8-15(24-2)9-6-13/h5-11H,3-4,12H2,1-2H3,(H,22,23). The van der Waals surface area contributed by atoms with Crippen LogP contribution in [0.25, 0.3) is 11.0 Å². The number of imidazole rings is 1. The Morgan fingerprint density at radius 1 is 1.21 bits per heavy atom. The third kappa shape index (κ3) is 3.11. The predicted octanol–water partition coefficient (Wildman–Crippen LogP) is 3.74. The maximum absolute atomic E-state index is 11.2. The Hall–Kier alpha value is -2.82. The molecule has 0 unspecified atom stereocenters. The summed E-state index contributed by atoms with van der Waals surface area (Å²) in [5.41, 5.74) is 3.10. The van der Waals surface area contributed by atoms with Crippen molar-refractivity contribution in [2.24, 2.45) is 0 Å². The minimum absolute atomic E-state index is 0.264. The third-order valence-corrected chi connectivity index (χ3v) is 4.05. The van der Waals surface area contributed by atoms with Gasteiger partial charge in [0.25, 0.3) is 0 Å². The quantitative estimate of drug-likeness (QED) is 0.750. The van der Waals surface area contributed by atoms with Crippen molar-refractivity contribution in [3.8, 4) is 5.75 Å². The minimum Gasteiger partial charge on any atom is -0.497 e. The summed E-state index contributed by atoms with van der Waals surface area (Å²) in [6.45, 7) is 2.81. The lowest BCUT2D eigenvalue weighted by atomic mass is 10.2. The first-order chi connectivity index (χ1) is 11.6. The molecule has 0 aliphatic carbocycles. The Bertz CT molecular complexity index is 866. The van der Waals surface area contributed by atoms with Gasteiger partial charge in [0.15, 0.2) is 0 Å². The van der Waals surface area contributed by atoms with Gasteiger partial charge < -0.3 is 14.4 Å². The SMILES string of the molecule is CCCc1nc2cc(C(=O)O)ccc2n1Cc1ccc(OC)cc1. The molecular formula is C19H20N2O3. The van der Waals surface area contributed by atoms with E-state index >= 15 is 0 Å². The van der Waals surface area contributed by atoms with Crippen molar-refractivity contribution in [2.45, 2.75) is 26.3 Å². The molecule has 124 valence electrons. The molecule has 24 heavy (non-hydrogen) atoms. The molecule has 2 aromatic carbocycles. The molecular weight excluding hydrogens is 304 g/mol. The lowest BCUT2D eigenvalue weighted by Crippen LogP contribution is -2.05. The summed E-state index contributed by atoms with van der Waals surface area (Å²) in [7, 11) is 1.65. The Labute approximate surface area is 140 Å². The summed E-state index contributed by atoms with van der Waals surface area (Å²) in [4.78, 5) is 15.8. The fourth-order valence-corrected chi connectivity index (χ4v) is 2.82. The smallest absolute Gasteiger partial charge is 0.335 e. The van der Waals surface area contributed by atoms with Crippen molar-refractivity contribution >= 4 is 17.0 Å². The fourth-order valence-electron chi connectivity index (χ4n) is 2.82. The van der Waals surface area contributed by atoms with Crippen LogP contribution in [-0.4, -0.2) is 27.7 Å². The highest BCUT2D eigenvalue weighted by atomic mass is 16.5. The average molecular weight is 324 g/mol. The van der Waals surface area contributed by atoms with E-state index in [1.54, 1.807) is 19.2 Å². The van der Waals surface area contributed by atoms with Crippen molar-refractivity contribution < 1.29 is 14.6 Å². The number of fused-ring (bicyclic) bond motifs is 1. The Kier molecular flexibility index (Phi) is 4.51. The summed E-state index contributed by atoms with van der Waals surface area (Å²) >= 11 is 0. The van der Waals surface area contributed by atoms with E-state index in [0.717, 1.165) is 41.0 Å². The molecule has 1 heterocycles. The van der Waals surface area contributed by atoms with Crippen molar-refractivity contribution in [1.82, 2.24) is 9.55 Å². The number of benzene rings is 2. The van der Waals surface area contributed by atoms with E-state index < -0.39 is 5.97 Å². The topological polar surface area (TPSA) is 64.3 Å². The molecule has 0 aliphatic heterocycles. The number of hydrogen-bond donors (Lipinski definition) is 1. The van der Waals surface area contributed by atoms with E-state index in [0.29, 0.717) is 6.54 Å². The number of carboxylic acids is 1. The van der Waals surface area contributed by atoms with Crippen LogP contribution in [0.2, 0.25) is 0 Å². The molecule has 0 saturated heterocycles. The third-order valence-electron chi connectivity index (χ3n) is 4.05. The molecule has 5 nitrogen and oxygen atoms in total. The van der Waals surface area contributed by atoms with Crippen LogP contribution < -0.4 is 4.74 Å². The maximum Gasteiger partial charge on any atom is 0.335 e. The number of carbonyl (C=O) groups is 1. The number of rotatable bonds is 6. The zero-order valence-corrected chi connectivity index (χ0v) is 13.8. The number of aryl methyl sites for hydroxylation is 1. The lowest BCUT2D eigenvalue weighted by molar-refractivity contribution is 0.0697. The maximum atomic E-state index is 11.2. The van der Waals surface area contributed by atoms with Gasteiger partial charge in [0, 0.05) is 13.0 Å². The van der Waals surface area contributed by atoms with E-state index in [-0.39, 0.29) is 5.56 Å². The number of carboxylic acid groups (broad SMARTS) is 1. The summed E-state index contributed by atoms with van der Waals surface area (Å²) < 4.78 is 7.36. The fraction of sp³-hybridized carbons (Fsp3) is 0.263. The van der Waals surface area contributed by atoms with Gasteiger partial charge in [-0.05, 0) is 42.3 Å². The zero-order valence-electron chi connectivity index (χ0n) is 13.8.